The molecule has 0 aromatic heterocycles. The van der Waals surface area contributed by atoms with Crippen molar-refractivity contribution in [3.05, 3.63) is 11.5 Å². The van der Waals surface area contributed by atoms with Gasteiger partial charge in [-0.15, -0.1) is 0 Å². The van der Waals surface area contributed by atoms with Crippen LogP contribution in [0.5, 0.6) is 0 Å². The Labute approximate surface area is 132 Å². The average molecular weight is 354 g/mol. The third kappa shape index (κ3) is 5.44. The van der Waals surface area contributed by atoms with E-state index in [1.54, 1.807) is 0 Å². The van der Waals surface area contributed by atoms with Gasteiger partial charge in [-0.25, -0.2) is 8.98 Å². The molecule has 2 atom stereocenters. The molecule has 11 nitrogen and oxygen atoms in total. The van der Waals surface area contributed by atoms with Gasteiger partial charge in [0.05, 0.1) is 31.7 Å². The molecule has 0 aromatic carbocycles. The van der Waals surface area contributed by atoms with E-state index in [0.717, 1.165) is 0 Å². The highest BCUT2D eigenvalue weighted by atomic mass is 32.3. The van der Waals surface area contributed by atoms with E-state index in [4.69, 9.17) is 25.2 Å². The standard InChI is InChI=1S/C11H18N2O9S/c1-21-9-6(12)2-11(17,5-22-23(18,19)20)3-7(9)13-8(4-14)10(15)16/h8,14,17H,2-5,12H2,1H3,(H,15,16)(H,18,19,20)/t8-,11?/m0/s1. The van der Waals surface area contributed by atoms with Crippen LogP contribution >= 0.6 is 0 Å². The van der Waals surface area contributed by atoms with Crippen molar-refractivity contribution in [3.63, 3.8) is 0 Å². The SMILES string of the molecule is COC1=C(N)CC(O)(COS(=O)(=O)O)CC1=N[C@@H](CO)C(=O)O. The number of ether oxygens (including phenoxy) is 1. The zero-order valence-corrected chi connectivity index (χ0v) is 13.0. The molecule has 1 aliphatic carbocycles. The number of hydrogen-bond donors (Lipinski definition) is 5. The maximum Gasteiger partial charge on any atom is 0.397 e. The van der Waals surface area contributed by atoms with E-state index in [9.17, 15) is 18.3 Å². The molecule has 0 bridgehead atoms. The Kier molecular flexibility index (Phi) is 6.07. The summed E-state index contributed by atoms with van der Waals surface area (Å²) in [4.78, 5) is 14.7. The van der Waals surface area contributed by atoms with Crippen LogP contribution in [-0.4, -0.2) is 71.9 Å². The minimum absolute atomic E-state index is 0.0129. The number of carboxylic acid groups (broad SMARTS) is 1. The Morgan fingerprint density at radius 3 is 2.52 bits per heavy atom. The van der Waals surface area contributed by atoms with Crippen molar-refractivity contribution in [2.75, 3.05) is 20.3 Å². The van der Waals surface area contributed by atoms with Gasteiger partial charge in [0.25, 0.3) is 0 Å². The largest absolute Gasteiger partial charge is 0.493 e. The minimum Gasteiger partial charge on any atom is -0.493 e. The van der Waals surface area contributed by atoms with Crippen LogP contribution in [0.25, 0.3) is 0 Å². The quantitative estimate of drug-likeness (QED) is 0.321. The molecule has 0 saturated heterocycles. The highest BCUT2D eigenvalue weighted by Crippen LogP contribution is 2.30. The van der Waals surface area contributed by atoms with Crippen molar-refractivity contribution in [1.82, 2.24) is 0 Å². The highest BCUT2D eigenvalue weighted by Gasteiger charge is 2.39. The predicted octanol–water partition coefficient (Wildman–Crippen LogP) is -1.97. The van der Waals surface area contributed by atoms with Gasteiger partial charge in [-0.3, -0.25) is 9.55 Å². The number of carbonyl (C=O) groups is 1. The first kappa shape index (κ1) is 19.3. The van der Waals surface area contributed by atoms with Crippen molar-refractivity contribution >= 4 is 22.1 Å². The lowest BCUT2D eigenvalue weighted by Gasteiger charge is -2.33. The number of aliphatic hydroxyl groups excluding tert-OH is 1. The maximum absolute atomic E-state index is 10.9. The van der Waals surface area contributed by atoms with Gasteiger partial charge in [-0.2, -0.15) is 8.42 Å². The van der Waals surface area contributed by atoms with Crippen LogP contribution in [0.4, 0.5) is 0 Å². The molecule has 0 aliphatic heterocycles. The smallest absolute Gasteiger partial charge is 0.397 e. The summed E-state index contributed by atoms with van der Waals surface area (Å²) in [5.74, 6) is -1.38. The molecule has 132 valence electrons. The van der Waals surface area contributed by atoms with E-state index in [0.29, 0.717) is 0 Å². The molecular weight excluding hydrogens is 336 g/mol. The molecule has 1 aliphatic rings. The van der Waals surface area contributed by atoms with E-state index in [1.807, 2.05) is 0 Å². The van der Waals surface area contributed by atoms with Gasteiger partial charge >= 0.3 is 16.4 Å². The van der Waals surface area contributed by atoms with Crippen molar-refractivity contribution in [2.45, 2.75) is 24.5 Å². The topological polar surface area (TPSA) is 189 Å². The summed E-state index contributed by atoms with van der Waals surface area (Å²) in [5, 5.41) is 28.3. The Hall–Kier alpha value is -1.73. The molecule has 0 aromatic rings. The first-order valence-electron chi connectivity index (χ1n) is 6.29. The van der Waals surface area contributed by atoms with E-state index in [2.05, 4.69) is 9.18 Å². The Balaban J connectivity index is 3.15. The summed E-state index contributed by atoms with van der Waals surface area (Å²) in [6.45, 7) is -1.62. The number of aliphatic hydroxyl groups is 2. The lowest BCUT2D eigenvalue weighted by atomic mass is 9.85. The number of aliphatic imine (C=N–C) groups is 1. The fourth-order valence-corrected chi connectivity index (χ4v) is 2.44. The van der Waals surface area contributed by atoms with Crippen LogP contribution in [0.2, 0.25) is 0 Å². The van der Waals surface area contributed by atoms with Crippen LogP contribution in [-0.2, 0) is 24.1 Å². The second kappa shape index (κ2) is 7.23. The van der Waals surface area contributed by atoms with Crippen LogP contribution < -0.4 is 5.73 Å². The zero-order chi connectivity index (χ0) is 17.8. The zero-order valence-electron chi connectivity index (χ0n) is 12.2. The summed E-state index contributed by atoms with van der Waals surface area (Å²) in [6.07, 6.45) is -0.599. The van der Waals surface area contributed by atoms with E-state index in [-0.39, 0.29) is 30.0 Å². The second-order valence-electron chi connectivity index (χ2n) is 4.94. The normalized spacial score (nSPS) is 25.5. The monoisotopic (exact) mass is 354 g/mol. The van der Waals surface area contributed by atoms with Gasteiger partial charge in [0.15, 0.2) is 11.8 Å². The number of carboxylic acids is 1. The molecule has 0 saturated carbocycles. The van der Waals surface area contributed by atoms with Crippen LogP contribution in [0.15, 0.2) is 16.4 Å². The van der Waals surface area contributed by atoms with Gasteiger partial charge in [-0.05, 0) is 0 Å². The molecule has 12 heteroatoms. The second-order valence-corrected chi connectivity index (χ2v) is 6.03. The summed E-state index contributed by atoms with van der Waals surface area (Å²) in [5.41, 5.74) is 3.79. The molecule has 6 N–H and O–H groups in total. The average Bonchev–Trinajstić information content (AvgIpc) is 2.41. The van der Waals surface area contributed by atoms with Crippen LogP contribution in [0.3, 0.4) is 0 Å². The fraction of sp³-hybridized carbons (Fsp3) is 0.636. The van der Waals surface area contributed by atoms with E-state index < -0.39 is 41.2 Å². The predicted molar refractivity (Wildman–Crippen MR) is 75.9 cm³/mol. The van der Waals surface area contributed by atoms with Gasteiger partial charge in [0, 0.05) is 12.8 Å². The van der Waals surface area contributed by atoms with Gasteiger partial charge < -0.3 is 25.8 Å². The highest BCUT2D eigenvalue weighted by molar-refractivity contribution is 7.80. The van der Waals surface area contributed by atoms with E-state index in [1.165, 1.54) is 7.11 Å². The molecule has 0 heterocycles. The fourth-order valence-electron chi connectivity index (χ4n) is 2.08. The lowest BCUT2D eigenvalue weighted by molar-refractivity contribution is -0.139. The number of aliphatic carboxylic acids is 1. The molecule has 0 amide bonds. The molecule has 1 rings (SSSR count). The number of rotatable bonds is 7. The van der Waals surface area contributed by atoms with Crippen LogP contribution in [0.1, 0.15) is 12.8 Å². The minimum atomic E-state index is -4.78. The number of hydrogen-bond acceptors (Lipinski definition) is 9. The van der Waals surface area contributed by atoms with Crippen molar-refractivity contribution in [2.24, 2.45) is 10.7 Å². The summed E-state index contributed by atoms with van der Waals surface area (Å²) in [7, 11) is -3.52. The number of methoxy groups -OCH3 is 1. The molecule has 23 heavy (non-hydrogen) atoms. The number of nitrogens with two attached hydrogens (primary N) is 1. The summed E-state index contributed by atoms with van der Waals surface area (Å²) < 4.78 is 39.0. The van der Waals surface area contributed by atoms with Gasteiger partial charge in [0.1, 0.15) is 5.60 Å². The first-order chi connectivity index (χ1) is 10.5. The molecule has 0 radical (unpaired) electrons. The molecule has 0 spiro atoms. The third-order valence-corrected chi connectivity index (χ3v) is 3.44. The van der Waals surface area contributed by atoms with Crippen molar-refractivity contribution in [3.8, 4) is 0 Å². The molecule has 0 fully saturated rings. The van der Waals surface area contributed by atoms with Gasteiger partial charge in [-0.1, -0.05) is 0 Å². The lowest BCUT2D eigenvalue weighted by Crippen LogP contribution is -2.44. The van der Waals surface area contributed by atoms with E-state index >= 15 is 0 Å². The molecule has 1 unspecified atom stereocenters. The summed E-state index contributed by atoms with van der Waals surface area (Å²) in [6, 6.07) is -1.51. The first-order valence-corrected chi connectivity index (χ1v) is 7.65. The van der Waals surface area contributed by atoms with Crippen molar-refractivity contribution in [1.29, 1.82) is 0 Å². The Bertz CT molecular complexity index is 627. The third-order valence-electron chi connectivity index (χ3n) is 3.02. The maximum atomic E-state index is 10.9. The summed E-state index contributed by atoms with van der Waals surface area (Å²) >= 11 is 0. The number of nitrogens with zero attached hydrogens (tertiary/aromatic N) is 1. The Morgan fingerprint density at radius 2 is 2.09 bits per heavy atom. The van der Waals surface area contributed by atoms with Crippen molar-refractivity contribution < 1.29 is 42.0 Å². The number of allylic oxidation sites excluding steroid dienone is 1. The van der Waals surface area contributed by atoms with Crippen LogP contribution in [0, 0.1) is 0 Å². The molecular formula is C11H18N2O9S. The Morgan fingerprint density at radius 1 is 1.48 bits per heavy atom. The van der Waals surface area contributed by atoms with Gasteiger partial charge in [0.2, 0.25) is 0 Å².